The van der Waals surface area contributed by atoms with E-state index >= 15 is 0 Å². The molecular formula is C10H13FN4OS. The number of fused-ring (bicyclic) bond motifs is 1. The number of rotatable bonds is 4. The van der Waals surface area contributed by atoms with Gasteiger partial charge >= 0.3 is 0 Å². The standard InChI is InChI=1S/C10H13FN4OS/c1-7(6-17(2)16)12-10-13-9-4-3-8(11)5-15(9)14-10/h3-5,7H,6H2,1-2H3,(H,12,14). The number of halogens is 1. The predicted octanol–water partition coefficient (Wildman–Crippen LogP) is 1.05. The van der Waals surface area contributed by atoms with E-state index in [4.69, 9.17) is 0 Å². The third-order valence-electron chi connectivity index (χ3n) is 2.16. The summed E-state index contributed by atoms with van der Waals surface area (Å²) in [6.07, 6.45) is 2.90. The second-order valence-corrected chi connectivity index (χ2v) is 5.35. The van der Waals surface area contributed by atoms with Crippen molar-refractivity contribution >= 4 is 22.4 Å². The van der Waals surface area contributed by atoms with Crippen LogP contribution < -0.4 is 5.32 Å². The molecule has 0 spiro atoms. The quantitative estimate of drug-likeness (QED) is 0.888. The van der Waals surface area contributed by atoms with Gasteiger partial charge in [0.2, 0.25) is 5.95 Å². The number of hydrogen-bond donors (Lipinski definition) is 1. The maximum absolute atomic E-state index is 12.9. The molecule has 5 nitrogen and oxygen atoms in total. The molecule has 0 saturated carbocycles. The van der Waals surface area contributed by atoms with Crippen molar-refractivity contribution in [1.29, 1.82) is 0 Å². The topological polar surface area (TPSA) is 59.3 Å². The van der Waals surface area contributed by atoms with Crippen molar-refractivity contribution in [3.05, 3.63) is 24.1 Å². The minimum atomic E-state index is -0.876. The average molecular weight is 256 g/mol. The van der Waals surface area contributed by atoms with Crippen molar-refractivity contribution in [2.75, 3.05) is 17.3 Å². The van der Waals surface area contributed by atoms with E-state index in [2.05, 4.69) is 15.4 Å². The average Bonchev–Trinajstić information content (AvgIpc) is 2.57. The molecule has 2 heterocycles. The molecule has 17 heavy (non-hydrogen) atoms. The number of hydrogen-bond acceptors (Lipinski definition) is 4. The molecule has 0 saturated heterocycles. The summed E-state index contributed by atoms with van der Waals surface area (Å²) in [5.41, 5.74) is 0.568. The molecule has 7 heteroatoms. The van der Waals surface area contributed by atoms with Gasteiger partial charge in [-0.2, -0.15) is 4.98 Å². The molecule has 1 N–H and O–H groups in total. The monoisotopic (exact) mass is 256 g/mol. The van der Waals surface area contributed by atoms with Crippen LogP contribution in [0.2, 0.25) is 0 Å². The van der Waals surface area contributed by atoms with E-state index in [1.807, 2.05) is 6.92 Å². The Morgan fingerprint density at radius 1 is 1.59 bits per heavy atom. The third kappa shape index (κ3) is 3.00. The van der Waals surface area contributed by atoms with E-state index in [9.17, 15) is 8.60 Å². The van der Waals surface area contributed by atoms with Crippen molar-refractivity contribution in [2.45, 2.75) is 13.0 Å². The van der Waals surface area contributed by atoms with Crippen molar-refractivity contribution in [3.8, 4) is 0 Å². The van der Waals surface area contributed by atoms with Crippen LogP contribution in [0.3, 0.4) is 0 Å². The number of anilines is 1. The van der Waals surface area contributed by atoms with E-state index < -0.39 is 10.8 Å². The zero-order chi connectivity index (χ0) is 12.4. The number of nitrogens with zero attached hydrogens (tertiary/aromatic N) is 3. The molecule has 2 atom stereocenters. The van der Waals surface area contributed by atoms with Crippen LogP contribution in [0.25, 0.3) is 5.65 Å². The van der Waals surface area contributed by atoms with E-state index in [1.54, 1.807) is 12.3 Å². The van der Waals surface area contributed by atoms with Crippen molar-refractivity contribution in [2.24, 2.45) is 0 Å². The molecule has 0 bridgehead atoms. The first-order valence-corrected chi connectivity index (χ1v) is 6.86. The van der Waals surface area contributed by atoms with Crippen LogP contribution in [0.15, 0.2) is 18.3 Å². The molecule has 2 aromatic heterocycles. The van der Waals surface area contributed by atoms with Crippen LogP contribution >= 0.6 is 0 Å². The van der Waals surface area contributed by atoms with E-state index in [0.717, 1.165) is 0 Å². The van der Waals surface area contributed by atoms with Crippen LogP contribution in [-0.4, -0.2) is 36.9 Å². The molecule has 2 rings (SSSR count). The number of aromatic nitrogens is 3. The van der Waals surface area contributed by atoms with Crippen molar-refractivity contribution in [1.82, 2.24) is 14.6 Å². The summed E-state index contributed by atoms with van der Waals surface area (Å²) in [5.74, 6) is 0.564. The fourth-order valence-electron chi connectivity index (χ4n) is 1.53. The molecule has 0 fully saturated rings. The highest BCUT2D eigenvalue weighted by atomic mass is 32.2. The maximum Gasteiger partial charge on any atom is 0.243 e. The Morgan fingerprint density at radius 3 is 3.06 bits per heavy atom. The van der Waals surface area contributed by atoms with Gasteiger partial charge in [-0.05, 0) is 19.1 Å². The summed E-state index contributed by atoms with van der Waals surface area (Å²) in [6, 6.07) is 2.89. The molecule has 0 amide bonds. The normalized spacial score (nSPS) is 14.8. The fraction of sp³-hybridized carbons (Fsp3) is 0.400. The minimum Gasteiger partial charge on any atom is -0.350 e. The predicted molar refractivity (Wildman–Crippen MR) is 65.0 cm³/mol. The molecule has 0 aliphatic rings. The Kier molecular flexibility index (Phi) is 3.37. The second-order valence-electron chi connectivity index (χ2n) is 3.87. The first-order valence-electron chi connectivity index (χ1n) is 5.13. The summed E-state index contributed by atoms with van der Waals surface area (Å²) in [6.45, 7) is 1.90. The van der Waals surface area contributed by atoms with Gasteiger partial charge in [0.25, 0.3) is 0 Å². The van der Waals surface area contributed by atoms with Gasteiger partial charge in [-0.15, -0.1) is 5.10 Å². The minimum absolute atomic E-state index is 0.00286. The van der Waals surface area contributed by atoms with Gasteiger partial charge in [-0.1, -0.05) is 0 Å². The van der Waals surface area contributed by atoms with Gasteiger partial charge in [-0.25, -0.2) is 8.91 Å². The summed E-state index contributed by atoms with van der Waals surface area (Å²) in [7, 11) is -0.876. The fourth-order valence-corrected chi connectivity index (χ4v) is 2.32. The van der Waals surface area contributed by atoms with E-state index in [0.29, 0.717) is 17.3 Å². The van der Waals surface area contributed by atoms with Crippen molar-refractivity contribution < 1.29 is 8.60 Å². The largest absolute Gasteiger partial charge is 0.350 e. The van der Waals surface area contributed by atoms with Crippen LogP contribution in [0, 0.1) is 5.82 Å². The smallest absolute Gasteiger partial charge is 0.243 e. The molecule has 0 aromatic carbocycles. The van der Waals surface area contributed by atoms with E-state index in [1.165, 1.54) is 16.8 Å². The lowest BCUT2D eigenvalue weighted by Crippen LogP contribution is -2.22. The molecule has 92 valence electrons. The van der Waals surface area contributed by atoms with Gasteiger partial charge in [0.1, 0.15) is 5.82 Å². The summed E-state index contributed by atoms with van der Waals surface area (Å²) in [5, 5.41) is 7.10. The Bertz CT molecular complexity index is 556. The lowest BCUT2D eigenvalue weighted by molar-refractivity contribution is 0.614. The zero-order valence-electron chi connectivity index (χ0n) is 9.55. The van der Waals surface area contributed by atoms with Gasteiger partial charge < -0.3 is 5.32 Å². The number of pyridine rings is 1. The van der Waals surface area contributed by atoms with Crippen molar-refractivity contribution in [3.63, 3.8) is 0 Å². The summed E-state index contributed by atoms with van der Waals surface area (Å²) < 4.78 is 25.3. The lowest BCUT2D eigenvalue weighted by atomic mass is 10.4. The summed E-state index contributed by atoms with van der Waals surface area (Å²) in [4.78, 5) is 4.18. The van der Waals surface area contributed by atoms with Gasteiger partial charge in [0.15, 0.2) is 5.65 Å². The highest BCUT2D eigenvalue weighted by Crippen LogP contribution is 2.07. The third-order valence-corrected chi connectivity index (χ3v) is 3.12. The summed E-state index contributed by atoms with van der Waals surface area (Å²) >= 11 is 0. The van der Waals surface area contributed by atoms with Crippen LogP contribution in [0.5, 0.6) is 0 Å². The molecule has 0 radical (unpaired) electrons. The van der Waals surface area contributed by atoms with E-state index in [-0.39, 0.29) is 11.9 Å². The second kappa shape index (κ2) is 4.79. The number of nitrogens with one attached hydrogen (secondary N) is 1. The van der Waals surface area contributed by atoms with Gasteiger partial charge in [-0.3, -0.25) is 4.21 Å². The molecule has 0 aliphatic heterocycles. The highest BCUT2D eigenvalue weighted by Gasteiger charge is 2.08. The first kappa shape index (κ1) is 12.0. The highest BCUT2D eigenvalue weighted by molar-refractivity contribution is 7.84. The molecular weight excluding hydrogens is 243 g/mol. The van der Waals surface area contributed by atoms with Crippen LogP contribution in [0.1, 0.15) is 6.92 Å². The van der Waals surface area contributed by atoms with Crippen LogP contribution in [-0.2, 0) is 10.8 Å². The van der Waals surface area contributed by atoms with Crippen LogP contribution in [0.4, 0.5) is 10.3 Å². The molecule has 2 unspecified atom stereocenters. The molecule has 2 aromatic rings. The first-order chi connectivity index (χ1) is 8.04. The SMILES string of the molecule is CC(CS(C)=O)Nc1nc2ccc(F)cn2n1. The zero-order valence-corrected chi connectivity index (χ0v) is 10.4. The Hall–Kier alpha value is -1.50. The van der Waals surface area contributed by atoms with Gasteiger partial charge in [0, 0.05) is 28.9 Å². The lowest BCUT2D eigenvalue weighted by Gasteiger charge is -2.09. The maximum atomic E-state index is 12.9. The Labute approximate surface area is 101 Å². The molecule has 0 aliphatic carbocycles. The Morgan fingerprint density at radius 2 is 2.35 bits per heavy atom. The Balaban J connectivity index is 2.16. The van der Waals surface area contributed by atoms with Gasteiger partial charge in [0.05, 0.1) is 6.20 Å².